The van der Waals surface area contributed by atoms with Gasteiger partial charge in [0.05, 0.1) is 16.8 Å². The van der Waals surface area contributed by atoms with Gasteiger partial charge in [0.1, 0.15) is 4.90 Å². The van der Waals surface area contributed by atoms with Gasteiger partial charge in [0.25, 0.3) is 10.0 Å². The van der Waals surface area contributed by atoms with Crippen LogP contribution in [0.1, 0.15) is 24.2 Å². The number of pyridine rings is 1. The van der Waals surface area contributed by atoms with Crippen molar-refractivity contribution in [3.05, 3.63) is 113 Å². The molecule has 4 aromatic rings. The first-order valence-corrected chi connectivity index (χ1v) is 13.5. The Hall–Kier alpha value is -4.21. The minimum Gasteiger partial charge on any atom is -0.329 e. The lowest BCUT2D eigenvalue weighted by Gasteiger charge is -2.22. The van der Waals surface area contributed by atoms with E-state index in [0.29, 0.717) is 17.8 Å². The van der Waals surface area contributed by atoms with Crippen molar-refractivity contribution in [1.82, 2.24) is 15.0 Å². The van der Waals surface area contributed by atoms with E-state index in [1.165, 1.54) is 25.1 Å². The Morgan fingerprint density at radius 3 is 2.26 bits per heavy atom. The number of sulfonamides is 1. The third-order valence-corrected chi connectivity index (χ3v) is 7.46. The number of urea groups is 1. The van der Waals surface area contributed by atoms with Crippen LogP contribution >= 0.6 is 11.6 Å². The monoisotopic (exact) mass is 548 g/mol. The average Bonchev–Trinajstić information content (AvgIpc) is 2.89. The van der Waals surface area contributed by atoms with Gasteiger partial charge in [0.15, 0.2) is 0 Å². The van der Waals surface area contributed by atoms with E-state index in [9.17, 15) is 18.0 Å². The lowest BCUT2D eigenvalue weighted by Crippen LogP contribution is -2.42. The Morgan fingerprint density at radius 1 is 0.895 bits per heavy atom. The molecule has 0 radical (unpaired) electrons. The van der Waals surface area contributed by atoms with Gasteiger partial charge in [0.2, 0.25) is 5.91 Å². The first-order chi connectivity index (χ1) is 18.2. The fourth-order valence-electron chi connectivity index (χ4n) is 3.97. The van der Waals surface area contributed by atoms with Crippen LogP contribution in [0.4, 0.5) is 10.5 Å². The molecular weight excluding hydrogens is 524 g/mol. The van der Waals surface area contributed by atoms with Crippen molar-refractivity contribution in [2.75, 3.05) is 5.32 Å². The molecule has 3 aromatic carbocycles. The Bertz CT molecular complexity index is 1540. The normalized spacial score (nSPS) is 11.8. The second-order valence-electron chi connectivity index (χ2n) is 8.45. The van der Waals surface area contributed by atoms with E-state index in [1.54, 1.807) is 30.5 Å². The van der Waals surface area contributed by atoms with E-state index >= 15 is 0 Å². The van der Waals surface area contributed by atoms with E-state index in [0.717, 1.165) is 16.7 Å². The summed E-state index contributed by atoms with van der Waals surface area (Å²) in [5.41, 5.74) is 3.68. The topological polar surface area (TPSA) is 117 Å². The summed E-state index contributed by atoms with van der Waals surface area (Å²) in [5, 5.41) is 5.52. The second-order valence-corrected chi connectivity index (χ2v) is 10.5. The number of carbonyl (C=O) groups is 2. The van der Waals surface area contributed by atoms with Gasteiger partial charge in [-0.15, -0.1) is 0 Å². The number of anilines is 1. The van der Waals surface area contributed by atoms with Gasteiger partial charge < -0.3 is 10.6 Å². The van der Waals surface area contributed by atoms with Crippen LogP contribution in [0.3, 0.4) is 0 Å². The smallest absolute Gasteiger partial charge is 0.329 e. The first kappa shape index (κ1) is 26.8. The first-order valence-electron chi connectivity index (χ1n) is 11.7. The Morgan fingerprint density at radius 2 is 1.58 bits per heavy atom. The molecular formula is C28H25ClN4O4S. The quantitative estimate of drug-likeness (QED) is 0.275. The molecule has 0 unspecified atom stereocenters. The Kier molecular flexibility index (Phi) is 8.40. The number of hydrogen-bond acceptors (Lipinski definition) is 5. The molecule has 3 amide bonds. The van der Waals surface area contributed by atoms with Gasteiger partial charge in [0, 0.05) is 24.4 Å². The van der Waals surface area contributed by atoms with Gasteiger partial charge in [-0.3, -0.25) is 9.78 Å². The van der Waals surface area contributed by atoms with Crippen molar-refractivity contribution in [2.24, 2.45) is 0 Å². The molecule has 0 bridgehead atoms. The van der Waals surface area contributed by atoms with Crippen molar-refractivity contribution in [3.63, 3.8) is 0 Å². The molecule has 0 aliphatic carbocycles. The number of amides is 3. The number of nitrogens with zero attached hydrogens (tertiary/aromatic N) is 1. The number of carbonyl (C=O) groups excluding carboxylic acids is 2. The van der Waals surface area contributed by atoms with E-state index in [2.05, 4.69) is 20.3 Å². The van der Waals surface area contributed by atoms with Crippen molar-refractivity contribution in [3.8, 4) is 11.1 Å². The number of hydrogen-bond donors (Lipinski definition) is 3. The molecule has 10 heteroatoms. The number of nitrogens with one attached hydrogen (secondary N) is 3. The predicted octanol–water partition coefficient (Wildman–Crippen LogP) is 5.33. The Balaban J connectivity index is 1.66. The van der Waals surface area contributed by atoms with E-state index in [4.69, 9.17) is 11.6 Å². The largest absolute Gasteiger partial charge is 0.329 e. The van der Waals surface area contributed by atoms with Crippen molar-refractivity contribution in [2.45, 2.75) is 24.3 Å². The lowest BCUT2D eigenvalue weighted by molar-refractivity contribution is -0.114. The summed E-state index contributed by atoms with van der Waals surface area (Å²) >= 11 is 6.04. The summed E-state index contributed by atoms with van der Waals surface area (Å²) in [7, 11) is -4.22. The summed E-state index contributed by atoms with van der Waals surface area (Å²) in [4.78, 5) is 28.7. The zero-order chi connectivity index (χ0) is 27.1. The SMILES string of the molecule is CC(=O)Nc1ccc(-c2cccnc2[C@@H](Cc2ccccc2)NC(=O)NS(=O)(=O)c2ccccc2Cl)cc1. The number of aromatic nitrogens is 1. The average molecular weight is 549 g/mol. The number of benzene rings is 3. The fraction of sp³-hybridized carbons (Fsp3) is 0.107. The lowest BCUT2D eigenvalue weighted by atomic mass is 9.95. The highest BCUT2D eigenvalue weighted by atomic mass is 35.5. The molecule has 0 aliphatic heterocycles. The predicted molar refractivity (Wildman–Crippen MR) is 147 cm³/mol. The van der Waals surface area contributed by atoms with Gasteiger partial charge in [-0.05, 0) is 47.9 Å². The molecule has 3 N–H and O–H groups in total. The molecule has 0 saturated heterocycles. The summed E-state index contributed by atoms with van der Waals surface area (Å²) < 4.78 is 27.7. The maximum Gasteiger partial charge on any atom is 0.329 e. The van der Waals surface area contributed by atoms with Gasteiger partial charge >= 0.3 is 6.03 Å². The summed E-state index contributed by atoms with van der Waals surface area (Å²) in [5.74, 6) is -0.176. The molecule has 1 aromatic heterocycles. The van der Waals surface area contributed by atoms with E-state index in [-0.39, 0.29) is 15.8 Å². The minimum absolute atomic E-state index is 0.00311. The maximum atomic E-state index is 13.0. The van der Waals surface area contributed by atoms with Gasteiger partial charge in [-0.25, -0.2) is 17.9 Å². The van der Waals surface area contributed by atoms with E-state index in [1.807, 2.05) is 48.5 Å². The highest BCUT2D eigenvalue weighted by Crippen LogP contribution is 2.30. The highest BCUT2D eigenvalue weighted by molar-refractivity contribution is 7.90. The van der Waals surface area contributed by atoms with Crippen LogP contribution in [0.2, 0.25) is 5.02 Å². The van der Waals surface area contributed by atoms with Gasteiger partial charge in [-0.2, -0.15) is 0 Å². The molecule has 0 spiro atoms. The second kappa shape index (κ2) is 11.9. The third-order valence-electron chi connectivity index (χ3n) is 5.63. The van der Waals surface area contributed by atoms with E-state index < -0.39 is 22.1 Å². The van der Waals surface area contributed by atoms with Crippen LogP contribution in [-0.2, 0) is 21.2 Å². The molecule has 1 atom stereocenters. The molecule has 194 valence electrons. The molecule has 1 heterocycles. The third kappa shape index (κ3) is 6.76. The summed E-state index contributed by atoms with van der Waals surface area (Å²) in [6, 6.07) is 24.6. The molecule has 0 aliphatic rings. The fourth-order valence-corrected chi connectivity index (χ4v) is 5.40. The zero-order valence-electron chi connectivity index (χ0n) is 20.4. The van der Waals surface area contributed by atoms with Crippen LogP contribution in [0, 0.1) is 0 Å². The summed E-state index contributed by atoms with van der Waals surface area (Å²) in [6.07, 6.45) is 1.97. The Labute approximate surface area is 226 Å². The van der Waals surface area contributed by atoms with Crippen molar-refractivity contribution < 1.29 is 18.0 Å². The molecule has 4 rings (SSSR count). The van der Waals surface area contributed by atoms with Crippen LogP contribution < -0.4 is 15.4 Å². The highest BCUT2D eigenvalue weighted by Gasteiger charge is 2.25. The maximum absolute atomic E-state index is 13.0. The molecule has 8 nitrogen and oxygen atoms in total. The van der Waals surface area contributed by atoms with Crippen LogP contribution in [0.25, 0.3) is 11.1 Å². The number of rotatable bonds is 8. The minimum atomic E-state index is -4.22. The van der Waals surface area contributed by atoms with Gasteiger partial charge in [-0.1, -0.05) is 72.3 Å². The molecule has 0 fully saturated rings. The van der Waals surface area contributed by atoms with Crippen LogP contribution in [-0.4, -0.2) is 25.3 Å². The van der Waals surface area contributed by atoms with Crippen LogP contribution in [0.15, 0.2) is 102 Å². The van der Waals surface area contributed by atoms with Crippen molar-refractivity contribution in [1.29, 1.82) is 0 Å². The van der Waals surface area contributed by atoms with Crippen LogP contribution in [0.5, 0.6) is 0 Å². The zero-order valence-corrected chi connectivity index (χ0v) is 22.0. The summed E-state index contributed by atoms with van der Waals surface area (Å²) in [6.45, 7) is 1.43. The molecule has 0 saturated carbocycles. The standard InChI is InChI=1S/C28H25ClN4O4S/c1-19(34)31-22-15-13-21(14-16-22)23-10-7-17-30-27(23)25(18-20-8-3-2-4-9-20)32-28(35)33-38(36,37)26-12-6-5-11-24(26)29/h2-17,25H,18H2,1H3,(H,31,34)(H2,32,33,35)/t25-/m1/s1. The number of halogens is 1. The molecule has 38 heavy (non-hydrogen) atoms. The van der Waals surface area contributed by atoms with Crippen molar-refractivity contribution >= 4 is 39.2 Å².